The molecule has 1 saturated heterocycles. The molecule has 1 atom stereocenters. The Bertz CT molecular complexity index is 773. The predicted octanol–water partition coefficient (Wildman–Crippen LogP) is 0.543. The van der Waals surface area contributed by atoms with E-state index in [1.54, 1.807) is 23.2 Å². The van der Waals surface area contributed by atoms with Crippen LogP contribution in [0.1, 0.15) is 32.2 Å². The van der Waals surface area contributed by atoms with Gasteiger partial charge in [0.15, 0.2) is 0 Å². The molecule has 2 aromatic heterocycles. The zero-order chi connectivity index (χ0) is 17.8. The molecule has 2 aromatic rings. The molecule has 3 N–H and O–H groups in total. The van der Waals surface area contributed by atoms with E-state index in [0.717, 1.165) is 11.4 Å². The van der Waals surface area contributed by atoms with Crippen molar-refractivity contribution in [3.8, 4) is 0 Å². The van der Waals surface area contributed by atoms with Crippen LogP contribution in [-0.2, 0) is 11.2 Å². The van der Waals surface area contributed by atoms with Crippen molar-refractivity contribution < 1.29 is 14.3 Å². The zero-order valence-corrected chi connectivity index (χ0v) is 14.1. The van der Waals surface area contributed by atoms with Crippen LogP contribution in [-0.4, -0.2) is 58.2 Å². The standard InChI is InChI=1S/C17H21N5O3/c1-11-14(8-19-21-11)17(24)22-5-6-25-10-12(9-22)7-13-3-2-4-15(20-13)16(18)23/h2-4,8,12H,5-7,9-10H2,1H3,(H2,18,23)(H,19,21)/t12-/m0/s1. The minimum Gasteiger partial charge on any atom is -0.379 e. The molecule has 8 heteroatoms. The lowest BCUT2D eigenvalue weighted by Crippen LogP contribution is -2.36. The highest BCUT2D eigenvalue weighted by Crippen LogP contribution is 2.16. The number of amides is 2. The highest BCUT2D eigenvalue weighted by molar-refractivity contribution is 5.95. The van der Waals surface area contributed by atoms with Gasteiger partial charge in [-0.3, -0.25) is 14.7 Å². The van der Waals surface area contributed by atoms with Gasteiger partial charge < -0.3 is 15.4 Å². The van der Waals surface area contributed by atoms with Gasteiger partial charge in [-0.2, -0.15) is 5.10 Å². The molecule has 0 radical (unpaired) electrons. The Labute approximate surface area is 145 Å². The summed E-state index contributed by atoms with van der Waals surface area (Å²) >= 11 is 0. The number of carbonyl (C=O) groups excluding carboxylic acids is 2. The van der Waals surface area contributed by atoms with Crippen molar-refractivity contribution in [3.05, 3.63) is 47.0 Å². The van der Waals surface area contributed by atoms with Gasteiger partial charge in [-0.1, -0.05) is 6.07 Å². The molecule has 3 rings (SSSR count). The van der Waals surface area contributed by atoms with E-state index < -0.39 is 5.91 Å². The van der Waals surface area contributed by atoms with Crippen LogP contribution in [0, 0.1) is 12.8 Å². The summed E-state index contributed by atoms with van der Waals surface area (Å²) in [6.07, 6.45) is 2.16. The Morgan fingerprint density at radius 3 is 3.00 bits per heavy atom. The minimum absolute atomic E-state index is 0.0550. The monoisotopic (exact) mass is 343 g/mol. The summed E-state index contributed by atoms with van der Waals surface area (Å²) in [5.74, 6) is -0.513. The number of carbonyl (C=O) groups is 2. The van der Waals surface area contributed by atoms with Gasteiger partial charge >= 0.3 is 0 Å². The third-order valence-electron chi connectivity index (χ3n) is 4.24. The molecule has 3 heterocycles. The summed E-state index contributed by atoms with van der Waals surface area (Å²) in [4.78, 5) is 30.1. The van der Waals surface area contributed by atoms with Gasteiger partial charge in [-0.05, 0) is 25.5 Å². The molecule has 0 unspecified atom stereocenters. The van der Waals surface area contributed by atoms with E-state index in [-0.39, 0.29) is 17.5 Å². The van der Waals surface area contributed by atoms with Crippen molar-refractivity contribution in [2.75, 3.05) is 26.3 Å². The van der Waals surface area contributed by atoms with E-state index >= 15 is 0 Å². The van der Waals surface area contributed by atoms with Crippen LogP contribution in [0.3, 0.4) is 0 Å². The van der Waals surface area contributed by atoms with Gasteiger partial charge in [0, 0.05) is 30.4 Å². The van der Waals surface area contributed by atoms with Crippen LogP contribution in [0.15, 0.2) is 24.4 Å². The molecule has 2 amide bonds. The number of aromatic amines is 1. The molecular formula is C17H21N5O3. The number of H-pyrrole nitrogens is 1. The SMILES string of the molecule is Cc1[nH]ncc1C(=O)N1CCOC[C@@H](Cc2cccc(C(N)=O)n2)C1. The number of rotatable bonds is 4. The average molecular weight is 343 g/mol. The number of pyridine rings is 1. The Morgan fingerprint density at radius 2 is 2.28 bits per heavy atom. The Kier molecular flexibility index (Phi) is 5.08. The number of ether oxygens (including phenoxy) is 1. The van der Waals surface area contributed by atoms with Gasteiger partial charge in [-0.15, -0.1) is 0 Å². The van der Waals surface area contributed by atoms with Gasteiger partial charge in [-0.25, -0.2) is 4.98 Å². The number of nitrogens with one attached hydrogen (secondary N) is 1. The van der Waals surface area contributed by atoms with Crippen molar-refractivity contribution >= 4 is 11.8 Å². The molecule has 0 spiro atoms. The number of nitrogens with zero attached hydrogens (tertiary/aromatic N) is 3. The summed E-state index contributed by atoms with van der Waals surface area (Å²) in [5, 5.41) is 6.71. The first-order chi connectivity index (χ1) is 12.0. The number of hydrogen-bond acceptors (Lipinski definition) is 5. The molecule has 1 aliphatic rings. The van der Waals surface area contributed by atoms with Crippen molar-refractivity contribution in [3.63, 3.8) is 0 Å². The fourth-order valence-corrected chi connectivity index (χ4v) is 2.95. The second-order valence-electron chi connectivity index (χ2n) is 6.18. The topological polar surface area (TPSA) is 114 Å². The smallest absolute Gasteiger partial charge is 0.267 e. The normalized spacial score (nSPS) is 18.0. The van der Waals surface area contributed by atoms with E-state index in [4.69, 9.17) is 10.5 Å². The second-order valence-corrected chi connectivity index (χ2v) is 6.18. The van der Waals surface area contributed by atoms with Gasteiger partial charge in [0.25, 0.3) is 11.8 Å². The molecule has 132 valence electrons. The molecule has 1 fully saturated rings. The summed E-state index contributed by atoms with van der Waals surface area (Å²) < 4.78 is 5.65. The minimum atomic E-state index is -0.550. The van der Waals surface area contributed by atoms with Crippen molar-refractivity contribution in [2.45, 2.75) is 13.3 Å². The Morgan fingerprint density at radius 1 is 1.44 bits per heavy atom. The fraction of sp³-hybridized carbons (Fsp3) is 0.412. The number of nitrogens with two attached hydrogens (primary N) is 1. The predicted molar refractivity (Wildman–Crippen MR) is 90.0 cm³/mol. The van der Waals surface area contributed by atoms with E-state index in [0.29, 0.717) is 38.3 Å². The number of hydrogen-bond donors (Lipinski definition) is 2. The summed E-state index contributed by atoms with van der Waals surface area (Å²) in [6.45, 7) is 3.95. The maximum Gasteiger partial charge on any atom is 0.267 e. The molecule has 25 heavy (non-hydrogen) atoms. The lowest BCUT2D eigenvalue weighted by atomic mass is 10.0. The highest BCUT2D eigenvalue weighted by Gasteiger charge is 2.25. The molecule has 0 bridgehead atoms. The third kappa shape index (κ3) is 4.03. The second kappa shape index (κ2) is 7.43. The van der Waals surface area contributed by atoms with Crippen LogP contribution in [0.5, 0.6) is 0 Å². The lowest BCUT2D eigenvalue weighted by molar-refractivity contribution is 0.0736. The molecule has 0 aliphatic carbocycles. The van der Waals surface area contributed by atoms with Crippen molar-refractivity contribution in [2.24, 2.45) is 11.7 Å². The first-order valence-corrected chi connectivity index (χ1v) is 8.17. The fourth-order valence-electron chi connectivity index (χ4n) is 2.95. The number of primary amides is 1. The maximum absolute atomic E-state index is 12.7. The van der Waals surface area contributed by atoms with Crippen LogP contribution >= 0.6 is 0 Å². The van der Waals surface area contributed by atoms with Gasteiger partial charge in [0.05, 0.1) is 25.0 Å². The van der Waals surface area contributed by atoms with Crippen molar-refractivity contribution in [1.29, 1.82) is 0 Å². The van der Waals surface area contributed by atoms with Gasteiger partial charge in [0.1, 0.15) is 5.69 Å². The molecule has 1 aliphatic heterocycles. The number of aromatic nitrogens is 3. The maximum atomic E-state index is 12.7. The lowest BCUT2D eigenvalue weighted by Gasteiger charge is -2.23. The first-order valence-electron chi connectivity index (χ1n) is 8.17. The average Bonchev–Trinajstić information content (AvgIpc) is 2.88. The van der Waals surface area contributed by atoms with E-state index in [1.807, 2.05) is 13.0 Å². The molecule has 0 saturated carbocycles. The summed E-state index contributed by atoms with van der Waals surface area (Å²) in [5.41, 5.74) is 7.62. The third-order valence-corrected chi connectivity index (χ3v) is 4.24. The van der Waals surface area contributed by atoms with E-state index in [2.05, 4.69) is 15.2 Å². The Hall–Kier alpha value is -2.74. The molecular weight excluding hydrogens is 322 g/mol. The Balaban J connectivity index is 1.72. The molecule has 8 nitrogen and oxygen atoms in total. The summed E-state index contributed by atoms with van der Waals surface area (Å²) in [7, 11) is 0. The first kappa shape index (κ1) is 17.1. The van der Waals surface area contributed by atoms with Crippen LogP contribution in [0.25, 0.3) is 0 Å². The van der Waals surface area contributed by atoms with Crippen LogP contribution in [0.4, 0.5) is 0 Å². The largest absolute Gasteiger partial charge is 0.379 e. The van der Waals surface area contributed by atoms with E-state index in [9.17, 15) is 9.59 Å². The van der Waals surface area contributed by atoms with Crippen LogP contribution in [0.2, 0.25) is 0 Å². The highest BCUT2D eigenvalue weighted by atomic mass is 16.5. The van der Waals surface area contributed by atoms with E-state index in [1.165, 1.54) is 0 Å². The van der Waals surface area contributed by atoms with Crippen LogP contribution < -0.4 is 5.73 Å². The van der Waals surface area contributed by atoms with Crippen molar-refractivity contribution in [1.82, 2.24) is 20.1 Å². The van der Waals surface area contributed by atoms with Gasteiger partial charge in [0.2, 0.25) is 0 Å². The number of aryl methyl sites for hydroxylation is 1. The molecule has 0 aromatic carbocycles. The quantitative estimate of drug-likeness (QED) is 0.841. The summed E-state index contributed by atoms with van der Waals surface area (Å²) in [6, 6.07) is 5.20. The zero-order valence-electron chi connectivity index (χ0n) is 14.1.